The molecule has 1 aliphatic carbocycles. The largest absolute Gasteiger partial charge is 0.317 e. The average Bonchev–Trinajstić information content (AvgIpc) is 2.84. The fourth-order valence-electron chi connectivity index (χ4n) is 3.60. The second kappa shape index (κ2) is 4.57. The van der Waals surface area contributed by atoms with Crippen LogP contribution in [-0.4, -0.2) is 18.1 Å². The Morgan fingerprint density at radius 2 is 1.75 bits per heavy atom. The zero-order valence-corrected chi connectivity index (χ0v) is 11.5. The van der Waals surface area contributed by atoms with E-state index in [2.05, 4.69) is 52.8 Å². The third kappa shape index (κ3) is 1.72. The van der Waals surface area contributed by atoms with Gasteiger partial charge in [0.1, 0.15) is 0 Å². The predicted molar refractivity (Wildman–Crippen MR) is 81.5 cm³/mol. The summed E-state index contributed by atoms with van der Waals surface area (Å²) in [7, 11) is 0. The van der Waals surface area contributed by atoms with Gasteiger partial charge in [0.15, 0.2) is 0 Å². The molecular formula is C18H18N2. The normalized spacial score (nSPS) is 19.7. The van der Waals surface area contributed by atoms with Crippen molar-refractivity contribution in [3.63, 3.8) is 0 Å². The van der Waals surface area contributed by atoms with Crippen molar-refractivity contribution in [2.45, 2.75) is 18.3 Å². The molecule has 1 aromatic carbocycles. The summed E-state index contributed by atoms with van der Waals surface area (Å²) in [6.07, 6.45) is 6.72. The smallest absolute Gasteiger partial charge is 0.0705 e. The third-order valence-electron chi connectivity index (χ3n) is 4.61. The van der Waals surface area contributed by atoms with Gasteiger partial charge in [-0.2, -0.15) is 0 Å². The molecule has 0 saturated carbocycles. The Morgan fingerprint density at radius 1 is 0.950 bits per heavy atom. The molecule has 1 aromatic heterocycles. The summed E-state index contributed by atoms with van der Waals surface area (Å²) >= 11 is 0. The van der Waals surface area contributed by atoms with Crippen molar-refractivity contribution in [3.05, 3.63) is 71.6 Å². The van der Waals surface area contributed by atoms with Crippen LogP contribution in [0.4, 0.5) is 0 Å². The molecule has 100 valence electrons. The number of allylic oxidation sites excluding steroid dienone is 1. The van der Waals surface area contributed by atoms with Crippen LogP contribution in [-0.2, 0) is 5.41 Å². The average molecular weight is 262 g/mol. The van der Waals surface area contributed by atoms with E-state index >= 15 is 0 Å². The van der Waals surface area contributed by atoms with Crippen molar-refractivity contribution in [2.75, 3.05) is 13.1 Å². The van der Waals surface area contributed by atoms with Crippen molar-refractivity contribution in [2.24, 2.45) is 0 Å². The first-order chi connectivity index (χ1) is 9.89. The van der Waals surface area contributed by atoms with Crippen molar-refractivity contribution in [1.29, 1.82) is 0 Å². The van der Waals surface area contributed by atoms with Crippen LogP contribution in [0.1, 0.15) is 29.7 Å². The lowest BCUT2D eigenvalue weighted by molar-refractivity contribution is 0.378. The maximum atomic E-state index is 4.55. The Hall–Kier alpha value is -1.93. The third-order valence-corrected chi connectivity index (χ3v) is 4.61. The van der Waals surface area contributed by atoms with Gasteiger partial charge < -0.3 is 5.32 Å². The number of fused-ring (bicyclic) bond motifs is 2. The minimum atomic E-state index is 0.217. The van der Waals surface area contributed by atoms with Crippen LogP contribution < -0.4 is 5.32 Å². The molecule has 2 heterocycles. The molecule has 1 spiro atoms. The number of aromatic nitrogens is 1. The highest BCUT2D eigenvalue weighted by Gasteiger charge is 2.39. The second-order valence-corrected chi connectivity index (χ2v) is 5.72. The van der Waals surface area contributed by atoms with Gasteiger partial charge in [0.25, 0.3) is 0 Å². The van der Waals surface area contributed by atoms with Crippen LogP contribution in [0.15, 0.2) is 54.7 Å². The molecule has 0 atom stereocenters. The van der Waals surface area contributed by atoms with E-state index in [-0.39, 0.29) is 5.41 Å². The lowest BCUT2D eigenvalue weighted by atomic mass is 9.75. The first kappa shape index (κ1) is 11.9. The van der Waals surface area contributed by atoms with Crippen LogP contribution in [0.3, 0.4) is 0 Å². The summed E-state index contributed by atoms with van der Waals surface area (Å²) in [4.78, 5) is 4.55. The van der Waals surface area contributed by atoms with Crippen LogP contribution in [0.5, 0.6) is 0 Å². The first-order valence-corrected chi connectivity index (χ1v) is 7.34. The minimum absolute atomic E-state index is 0.217. The molecular weight excluding hydrogens is 244 g/mol. The highest BCUT2D eigenvalue weighted by Crippen LogP contribution is 2.47. The Kier molecular flexibility index (Phi) is 2.71. The van der Waals surface area contributed by atoms with Gasteiger partial charge in [-0.25, -0.2) is 0 Å². The molecule has 0 amide bonds. The molecule has 20 heavy (non-hydrogen) atoms. The van der Waals surface area contributed by atoms with Crippen LogP contribution >= 0.6 is 0 Å². The fourth-order valence-corrected chi connectivity index (χ4v) is 3.60. The number of nitrogens with zero attached hydrogens (tertiary/aromatic N) is 1. The van der Waals surface area contributed by atoms with E-state index in [1.54, 1.807) is 0 Å². The number of rotatable bonds is 1. The van der Waals surface area contributed by atoms with Crippen molar-refractivity contribution in [3.8, 4) is 0 Å². The van der Waals surface area contributed by atoms with Crippen LogP contribution in [0.2, 0.25) is 0 Å². The number of piperidine rings is 1. The Balaban J connectivity index is 1.89. The number of nitrogens with one attached hydrogen (secondary N) is 1. The Labute approximate surface area is 119 Å². The molecule has 2 aromatic rings. The van der Waals surface area contributed by atoms with Gasteiger partial charge in [-0.3, -0.25) is 4.98 Å². The van der Waals surface area contributed by atoms with Crippen LogP contribution in [0.25, 0.3) is 5.57 Å². The zero-order chi connectivity index (χ0) is 13.4. The summed E-state index contributed by atoms with van der Waals surface area (Å²) in [6.45, 7) is 2.20. The van der Waals surface area contributed by atoms with Gasteiger partial charge in [0.05, 0.1) is 5.69 Å². The lowest BCUT2D eigenvalue weighted by Gasteiger charge is -2.33. The molecule has 2 aliphatic rings. The van der Waals surface area contributed by atoms with E-state index in [1.807, 2.05) is 12.3 Å². The molecule has 1 N–H and O–H groups in total. The quantitative estimate of drug-likeness (QED) is 0.854. The lowest BCUT2D eigenvalue weighted by Crippen LogP contribution is -2.37. The van der Waals surface area contributed by atoms with Gasteiger partial charge in [-0.05, 0) is 49.2 Å². The van der Waals surface area contributed by atoms with E-state index in [9.17, 15) is 0 Å². The zero-order valence-electron chi connectivity index (χ0n) is 11.5. The van der Waals surface area contributed by atoms with E-state index < -0.39 is 0 Å². The molecule has 2 nitrogen and oxygen atoms in total. The van der Waals surface area contributed by atoms with E-state index in [0.717, 1.165) is 18.8 Å². The van der Waals surface area contributed by atoms with E-state index in [0.29, 0.717) is 0 Å². The summed E-state index contributed by atoms with van der Waals surface area (Å²) < 4.78 is 0. The maximum absolute atomic E-state index is 4.55. The Bertz CT molecular complexity index is 652. The monoisotopic (exact) mass is 262 g/mol. The van der Waals surface area contributed by atoms with Crippen molar-refractivity contribution >= 4 is 5.57 Å². The summed E-state index contributed by atoms with van der Waals surface area (Å²) in [5.74, 6) is 0. The number of benzene rings is 1. The van der Waals surface area contributed by atoms with Crippen LogP contribution in [0, 0.1) is 0 Å². The molecule has 4 rings (SSSR count). The standard InChI is InChI=1S/C18H18N2/c1-2-6-16-14(5-1)15(17-7-3-4-10-20-17)13-18(16)8-11-19-12-9-18/h1-7,10,13,19H,8-9,11-12H2. The molecule has 1 aliphatic heterocycles. The minimum Gasteiger partial charge on any atom is -0.317 e. The summed E-state index contributed by atoms with van der Waals surface area (Å²) in [5.41, 5.74) is 5.48. The van der Waals surface area contributed by atoms with Crippen molar-refractivity contribution < 1.29 is 0 Å². The molecule has 1 fully saturated rings. The first-order valence-electron chi connectivity index (χ1n) is 7.34. The second-order valence-electron chi connectivity index (χ2n) is 5.72. The molecule has 0 radical (unpaired) electrons. The van der Waals surface area contributed by atoms with E-state index in [4.69, 9.17) is 0 Å². The van der Waals surface area contributed by atoms with Gasteiger partial charge >= 0.3 is 0 Å². The van der Waals surface area contributed by atoms with Gasteiger partial charge in [0, 0.05) is 17.2 Å². The molecule has 0 bridgehead atoms. The number of hydrogen-bond donors (Lipinski definition) is 1. The SMILES string of the molecule is C1=C(c2ccccn2)c2ccccc2C12CCNCC2. The summed E-state index contributed by atoms with van der Waals surface area (Å²) in [6, 6.07) is 15.0. The predicted octanol–water partition coefficient (Wildman–Crippen LogP) is 3.15. The molecule has 2 heteroatoms. The van der Waals surface area contributed by atoms with E-state index in [1.165, 1.54) is 29.5 Å². The van der Waals surface area contributed by atoms with Gasteiger partial charge in [0.2, 0.25) is 0 Å². The Morgan fingerprint density at radius 3 is 2.55 bits per heavy atom. The molecule has 1 saturated heterocycles. The number of pyridine rings is 1. The van der Waals surface area contributed by atoms with Gasteiger partial charge in [-0.1, -0.05) is 36.4 Å². The molecule has 0 unspecified atom stereocenters. The summed E-state index contributed by atoms with van der Waals surface area (Å²) in [5, 5.41) is 3.48. The fraction of sp³-hybridized carbons (Fsp3) is 0.278. The number of hydrogen-bond acceptors (Lipinski definition) is 2. The van der Waals surface area contributed by atoms with Gasteiger partial charge in [-0.15, -0.1) is 0 Å². The van der Waals surface area contributed by atoms with Crippen molar-refractivity contribution in [1.82, 2.24) is 10.3 Å². The highest BCUT2D eigenvalue weighted by atomic mass is 14.9. The highest BCUT2D eigenvalue weighted by molar-refractivity contribution is 5.85. The topological polar surface area (TPSA) is 24.9 Å². The maximum Gasteiger partial charge on any atom is 0.0705 e.